The third kappa shape index (κ3) is 4.33. The van der Waals surface area contributed by atoms with Crippen molar-refractivity contribution in [1.29, 1.82) is 0 Å². The first-order valence-electron chi connectivity index (χ1n) is 10.6. The second kappa shape index (κ2) is 8.76. The Morgan fingerprint density at radius 3 is 2.83 bits per heavy atom. The van der Waals surface area contributed by atoms with Crippen LogP contribution in [0.25, 0.3) is 11.5 Å². The standard InChI is InChI=1S/C22H29N5O2/c1-3-13-29-16-9-10-23-19(14-16)21-24-18-8-6-7-17(18)22(25-21)26(2)15-20(28)27-11-4-5-12-27/h9-10,14H,3-8,11-13,15H2,1-2H3. The predicted molar refractivity (Wildman–Crippen MR) is 112 cm³/mol. The quantitative estimate of drug-likeness (QED) is 0.718. The number of nitrogens with zero attached hydrogens (tertiary/aromatic N) is 5. The maximum atomic E-state index is 12.6. The molecule has 2 aliphatic rings. The summed E-state index contributed by atoms with van der Waals surface area (Å²) >= 11 is 0. The van der Waals surface area contributed by atoms with Crippen LogP contribution in [-0.4, -0.2) is 59.0 Å². The fraction of sp³-hybridized carbons (Fsp3) is 0.545. The molecule has 7 nitrogen and oxygen atoms in total. The van der Waals surface area contributed by atoms with E-state index in [1.165, 1.54) is 5.56 Å². The van der Waals surface area contributed by atoms with Crippen molar-refractivity contribution in [3.63, 3.8) is 0 Å². The molecule has 2 aromatic rings. The minimum absolute atomic E-state index is 0.171. The summed E-state index contributed by atoms with van der Waals surface area (Å²) in [5.41, 5.74) is 2.95. The molecule has 0 saturated carbocycles. The molecular weight excluding hydrogens is 366 g/mol. The van der Waals surface area contributed by atoms with Crippen LogP contribution < -0.4 is 9.64 Å². The van der Waals surface area contributed by atoms with E-state index in [0.29, 0.717) is 24.7 Å². The number of anilines is 1. The second-order valence-corrected chi connectivity index (χ2v) is 7.82. The largest absolute Gasteiger partial charge is 0.493 e. The van der Waals surface area contributed by atoms with E-state index >= 15 is 0 Å². The first-order chi connectivity index (χ1) is 14.2. The van der Waals surface area contributed by atoms with E-state index in [1.54, 1.807) is 6.20 Å². The van der Waals surface area contributed by atoms with E-state index in [2.05, 4.69) is 11.9 Å². The van der Waals surface area contributed by atoms with Crippen LogP contribution in [0.4, 0.5) is 5.82 Å². The molecule has 2 aromatic heterocycles. The number of carbonyl (C=O) groups excluding carboxylic acids is 1. The van der Waals surface area contributed by atoms with Crippen molar-refractivity contribution in [2.45, 2.75) is 45.4 Å². The van der Waals surface area contributed by atoms with Crippen molar-refractivity contribution in [1.82, 2.24) is 19.9 Å². The minimum Gasteiger partial charge on any atom is -0.493 e. The van der Waals surface area contributed by atoms with Crippen LogP contribution in [0.1, 0.15) is 43.9 Å². The zero-order chi connectivity index (χ0) is 20.2. The molecule has 154 valence electrons. The molecule has 0 atom stereocenters. The number of hydrogen-bond acceptors (Lipinski definition) is 6. The van der Waals surface area contributed by atoms with Crippen molar-refractivity contribution in [2.24, 2.45) is 0 Å². The van der Waals surface area contributed by atoms with Gasteiger partial charge in [0.1, 0.15) is 17.3 Å². The van der Waals surface area contributed by atoms with E-state index in [-0.39, 0.29) is 5.91 Å². The molecule has 1 amide bonds. The van der Waals surface area contributed by atoms with Gasteiger partial charge in [-0.2, -0.15) is 0 Å². The molecule has 1 fully saturated rings. The number of pyridine rings is 1. The number of likely N-dealkylation sites (tertiary alicyclic amines) is 1. The van der Waals surface area contributed by atoms with Gasteiger partial charge < -0.3 is 14.5 Å². The lowest BCUT2D eigenvalue weighted by Gasteiger charge is -2.24. The molecule has 1 aliphatic carbocycles. The van der Waals surface area contributed by atoms with Crippen LogP contribution in [0.15, 0.2) is 18.3 Å². The number of hydrogen-bond donors (Lipinski definition) is 0. The maximum Gasteiger partial charge on any atom is 0.242 e. The van der Waals surface area contributed by atoms with Crippen molar-refractivity contribution in [2.75, 3.05) is 38.2 Å². The van der Waals surface area contributed by atoms with E-state index in [0.717, 1.165) is 68.9 Å². The van der Waals surface area contributed by atoms with Crippen molar-refractivity contribution >= 4 is 11.7 Å². The average molecular weight is 396 g/mol. The first-order valence-corrected chi connectivity index (χ1v) is 10.6. The molecule has 0 spiro atoms. The summed E-state index contributed by atoms with van der Waals surface area (Å²) in [6.45, 7) is 4.83. The number of carbonyl (C=O) groups is 1. The number of aromatic nitrogens is 3. The van der Waals surface area contributed by atoms with Crippen LogP contribution >= 0.6 is 0 Å². The van der Waals surface area contributed by atoms with Gasteiger partial charge >= 0.3 is 0 Å². The molecule has 0 radical (unpaired) electrons. The van der Waals surface area contributed by atoms with Gasteiger partial charge in [-0.1, -0.05) is 6.92 Å². The zero-order valence-electron chi connectivity index (χ0n) is 17.4. The van der Waals surface area contributed by atoms with Gasteiger partial charge in [-0.25, -0.2) is 9.97 Å². The van der Waals surface area contributed by atoms with Gasteiger partial charge in [0.25, 0.3) is 0 Å². The number of fused-ring (bicyclic) bond motifs is 1. The molecule has 0 aromatic carbocycles. The van der Waals surface area contributed by atoms with Gasteiger partial charge in [0, 0.05) is 43.7 Å². The van der Waals surface area contributed by atoms with E-state index in [1.807, 2.05) is 29.0 Å². The molecule has 7 heteroatoms. The number of rotatable bonds is 7. The van der Waals surface area contributed by atoms with Gasteiger partial charge in [-0.15, -0.1) is 0 Å². The Hall–Kier alpha value is -2.70. The van der Waals surface area contributed by atoms with E-state index in [4.69, 9.17) is 14.7 Å². The first kappa shape index (κ1) is 19.6. The van der Waals surface area contributed by atoms with Crippen LogP contribution in [-0.2, 0) is 17.6 Å². The molecule has 3 heterocycles. The molecule has 0 unspecified atom stereocenters. The number of likely N-dealkylation sites (N-methyl/N-ethyl adjacent to an activating group) is 1. The Morgan fingerprint density at radius 1 is 1.21 bits per heavy atom. The minimum atomic E-state index is 0.171. The monoisotopic (exact) mass is 395 g/mol. The second-order valence-electron chi connectivity index (χ2n) is 7.82. The summed E-state index contributed by atoms with van der Waals surface area (Å²) < 4.78 is 5.74. The number of aryl methyl sites for hydroxylation is 1. The van der Waals surface area contributed by atoms with Gasteiger partial charge in [0.2, 0.25) is 5.91 Å². The summed E-state index contributed by atoms with van der Waals surface area (Å²) in [7, 11) is 1.95. The smallest absolute Gasteiger partial charge is 0.242 e. The summed E-state index contributed by atoms with van der Waals surface area (Å²) in [6.07, 6.45) is 7.86. The summed E-state index contributed by atoms with van der Waals surface area (Å²) in [6, 6.07) is 3.75. The molecule has 1 saturated heterocycles. The third-order valence-corrected chi connectivity index (χ3v) is 5.54. The van der Waals surface area contributed by atoms with Crippen molar-refractivity contribution in [3.05, 3.63) is 29.6 Å². The van der Waals surface area contributed by atoms with E-state index in [9.17, 15) is 4.79 Å². The summed E-state index contributed by atoms with van der Waals surface area (Å²) in [5.74, 6) is 2.41. The third-order valence-electron chi connectivity index (χ3n) is 5.54. The van der Waals surface area contributed by atoms with Gasteiger partial charge in [0.05, 0.1) is 13.2 Å². The van der Waals surface area contributed by atoms with Crippen LogP contribution in [0.2, 0.25) is 0 Å². The van der Waals surface area contributed by atoms with Gasteiger partial charge in [0.15, 0.2) is 5.82 Å². The summed E-state index contributed by atoms with van der Waals surface area (Å²) in [5, 5.41) is 0. The maximum absolute atomic E-state index is 12.6. The Kier molecular flexibility index (Phi) is 5.92. The van der Waals surface area contributed by atoms with Crippen molar-refractivity contribution in [3.8, 4) is 17.3 Å². The SMILES string of the molecule is CCCOc1ccnc(-c2nc3c(c(N(C)CC(=O)N4CCCC4)n2)CCC3)c1. The molecule has 29 heavy (non-hydrogen) atoms. The Morgan fingerprint density at radius 2 is 2.03 bits per heavy atom. The van der Waals surface area contributed by atoms with Crippen LogP contribution in [0, 0.1) is 0 Å². The molecule has 4 rings (SSSR count). The molecule has 1 aliphatic heterocycles. The Bertz CT molecular complexity index is 880. The lowest BCUT2D eigenvalue weighted by molar-refractivity contribution is -0.128. The highest BCUT2D eigenvalue weighted by Gasteiger charge is 2.25. The fourth-order valence-corrected chi connectivity index (χ4v) is 4.03. The molecule has 0 N–H and O–H groups in total. The van der Waals surface area contributed by atoms with Crippen LogP contribution in [0.3, 0.4) is 0 Å². The van der Waals surface area contributed by atoms with Crippen molar-refractivity contribution < 1.29 is 9.53 Å². The topological polar surface area (TPSA) is 71.5 Å². The Balaban J connectivity index is 1.61. The number of amides is 1. The van der Waals surface area contributed by atoms with E-state index < -0.39 is 0 Å². The lowest BCUT2D eigenvalue weighted by atomic mass is 10.2. The average Bonchev–Trinajstić information content (AvgIpc) is 3.43. The normalized spacial score (nSPS) is 15.4. The van der Waals surface area contributed by atoms with Gasteiger partial charge in [-0.3, -0.25) is 9.78 Å². The van der Waals surface area contributed by atoms with Crippen LogP contribution in [0.5, 0.6) is 5.75 Å². The highest BCUT2D eigenvalue weighted by Crippen LogP contribution is 2.31. The lowest BCUT2D eigenvalue weighted by Crippen LogP contribution is -2.38. The zero-order valence-corrected chi connectivity index (χ0v) is 17.4. The number of ether oxygens (including phenoxy) is 1. The fourth-order valence-electron chi connectivity index (χ4n) is 4.03. The summed E-state index contributed by atoms with van der Waals surface area (Å²) in [4.78, 5) is 30.7. The Labute approximate surface area is 172 Å². The molecular formula is C22H29N5O2. The van der Waals surface area contributed by atoms with Gasteiger partial charge in [-0.05, 0) is 44.6 Å². The molecule has 0 bridgehead atoms. The predicted octanol–water partition coefficient (Wildman–Crippen LogP) is 2.87. The highest BCUT2D eigenvalue weighted by atomic mass is 16.5. The highest BCUT2D eigenvalue weighted by molar-refractivity contribution is 5.81.